The van der Waals surface area contributed by atoms with Crippen LogP contribution >= 0.6 is 11.3 Å². The van der Waals surface area contributed by atoms with Crippen LogP contribution in [0.3, 0.4) is 0 Å². The van der Waals surface area contributed by atoms with Gasteiger partial charge in [0.15, 0.2) is 0 Å². The third-order valence-electron chi connectivity index (χ3n) is 4.41. The fourth-order valence-corrected chi connectivity index (χ4v) is 4.80. The van der Waals surface area contributed by atoms with Crippen molar-refractivity contribution in [3.63, 3.8) is 0 Å². The van der Waals surface area contributed by atoms with Crippen LogP contribution in [0, 0.1) is 6.92 Å². The predicted octanol–water partition coefficient (Wildman–Crippen LogP) is 2.84. The van der Waals surface area contributed by atoms with E-state index >= 15 is 0 Å². The molecule has 0 unspecified atom stereocenters. The summed E-state index contributed by atoms with van der Waals surface area (Å²) in [5, 5.41) is 4.03. The number of nitrogens with zero attached hydrogens (tertiary/aromatic N) is 2. The fraction of sp³-hybridized carbons (Fsp3) is 0.316. The summed E-state index contributed by atoms with van der Waals surface area (Å²) in [6.45, 7) is 4.28. The summed E-state index contributed by atoms with van der Waals surface area (Å²) in [5.74, 6) is 0.109. The lowest BCUT2D eigenvalue weighted by atomic mass is 10.1. The SMILES string of the molecule is CCOC(=O)c1sc2ncnc(NCc3ccccc3CS(=O)(=O)NC)c2c1C. The smallest absolute Gasteiger partial charge is 0.348 e. The molecule has 3 rings (SSSR count). The van der Waals surface area contributed by atoms with Crippen LogP contribution in [0.4, 0.5) is 5.82 Å². The van der Waals surface area contributed by atoms with Gasteiger partial charge in [-0.05, 0) is 37.6 Å². The highest BCUT2D eigenvalue weighted by Crippen LogP contribution is 2.34. The van der Waals surface area contributed by atoms with E-state index in [1.54, 1.807) is 13.0 Å². The number of carbonyl (C=O) groups is 1. The number of carbonyl (C=O) groups excluding carboxylic acids is 1. The number of aromatic nitrogens is 2. The van der Waals surface area contributed by atoms with Gasteiger partial charge in [0, 0.05) is 6.54 Å². The second-order valence-corrected chi connectivity index (χ2v) is 9.19. The first-order valence-electron chi connectivity index (χ1n) is 8.99. The van der Waals surface area contributed by atoms with Crippen molar-refractivity contribution in [3.05, 3.63) is 52.2 Å². The largest absolute Gasteiger partial charge is 0.462 e. The van der Waals surface area contributed by atoms with Gasteiger partial charge in [-0.1, -0.05) is 24.3 Å². The van der Waals surface area contributed by atoms with E-state index in [1.807, 2.05) is 25.1 Å². The Hall–Kier alpha value is -2.56. The molecule has 0 saturated carbocycles. The van der Waals surface area contributed by atoms with Crippen LogP contribution in [-0.2, 0) is 27.1 Å². The average Bonchev–Trinajstić information content (AvgIpc) is 3.05. The minimum Gasteiger partial charge on any atom is -0.462 e. The monoisotopic (exact) mass is 434 g/mol. The number of sulfonamides is 1. The van der Waals surface area contributed by atoms with Gasteiger partial charge in [-0.3, -0.25) is 0 Å². The zero-order chi connectivity index (χ0) is 21.0. The van der Waals surface area contributed by atoms with Gasteiger partial charge in [0.1, 0.15) is 21.9 Å². The highest BCUT2D eigenvalue weighted by Gasteiger charge is 2.20. The number of nitrogens with one attached hydrogen (secondary N) is 2. The lowest BCUT2D eigenvalue weighted by Gasteiger charge is -2.12. The number of aryl methyl sites for hydroxylation is 1. The Bertz CT molecular complexity index is 1140. The third kappa shape index (κ3) is 4.72. The summed E-state index contributed by atoms with van der Waals surface area (Å²) in [6, 6.07) is 7.32. The zero-order valence-electron chi connectivity index (χ0n) is 16.4. The van der Waals surface area contributed by atoms with Gasteiger partial charge in [0.25, 0.3) is 0 Å². The van der Waals surface area contributed by atoms with Gasteiger partial charge in [0.2, 0.25) is 10.0 Å². The molecular weight excluding hydrogens is 412 g/mol. The minimum atomic E-state index is -3.38. The Kier molecular flexibility index (Phi) is 6.46. The van der Waals surface area contributed by atoms with Crippen LogP contribution in [0.5, 0.6) is 0 Å². The molecule has 0 spiro atoms. The van der Waals surface area contributed by atoms with Crippen molar-refractivity contribution in [2.45, 2.75) is 26.1 Å². The molecule has 0 amide bonds. The Balaban J connectivity index is 1.90. The van der Waals surface area contributed by atoms with Crippen LogP contribution in [-0.4, -0.2) is 38.0 Å². The molecular formula is C19H22N4O4S2. The molecule has 0 saturated heterocycles. The Morgan fingerprint density at radius 2 is 1.93 bits per heavy atom. The van der Waals surface area contributed by atoms with E-state index in [9.17, 15) is 13.2 Å². The molecule has 0 fully saturated rings. The summed E-state index contributed by atoms with van der Waals surface area (Å²) in [5.41, 5.74) is 2.31. The standard InChI is InChI=1S/C19H22N4O4S2/c1-4-27-19(24)16-12(2)15-17(22-11-23-18(15)28-16)21-9-13-7-5-6-8-14(13)10-29(25,26)20-3/h5-8,11,20H,4,9-10H2,1-3H3,(H,21,22,23). The van der Waals surface area contributed by atoms with E-state index in [-0.39, 0.29) is 11.7 Å². The Morgan fingerprint density at radius 3 is 2.62 bits per heavy atom. The van der Waals surface area contributed by atoms with Crippen molar-refractivity contribution >= 4 is 43.4 Å². The van der Waals surface area contributed by atoms with E-state index in [0.29, 0.717) is 34.2 Å². The first-order chi connectivity index (χ1) is 13.9. The highest BCUT2D eigenvalue weighted by atomic mass is 32.2. The first kappa shape index (κ1) is 21.2. The number of anilines is 1. The van der Waals surface area contributed by atoms with Crippen molar-refractivity contribution in [1.82, 2.24) is 14.7 Å². The van der Waals surface area contributed by atoms with Gasteiger partial charge in [-0.15, -0.1) is 11.3 Å². The Morgan fingerprint density at radius 1 is 1.21 bits per heavy atom. The number of fused-ring (bicyclic) bond motifs is 1. The number of thiophene rings is 1. The lowest BCUT2D eigenvalue weighted by Crippen LogP contribution is -2.21. The molecule has 0 aliphatic rings. The van der Waals surface area contributed by atoms with Gasteiger partial charge < -0.3 is 10.1 Å². The van der Waals surface area contributed by atoms with Gasteiger partial charge in [0.05, 0.1) is 17.7 Å². The molecule has 1 aromatic carbocycles. The highest BCUT2D eigenvalue weighted by molar-refractivity contribution is 7.88. The maximum absolute atomic E-state index is 12.2. The number of rotatable bonds is 8. The van der Waals surface area contributed by atoms with Gasteiger partial charge in [-0.25, -0.2) is 27.9 Å². The van der Waals surface area contributed by atoms with Gasteiger partial charge >= 0.3 is 5.97 Å². The molecule has 10 heteroatoms. The summed E-state index contributed by atoms with van der Waals surface area (Å²) in [4.78, 5) is 22.0. The maximum atomic E-state index is 12.2. The van der Waals surface area contributed by atoms with E-state index in [2.05, 4.69) is 20.0 Å². The lowest BCUT2D eigenvalue weighted by molar-refractivity contribution is 0.0531. The van der Waals surface area contributed by atoms with Crippen molar-refractivity contribution < 1.29 is 17.9 Å². The van der Waals surface area contributed by atoms with Crippen LogP contribution in [0.15, 0.2) is 30.6 Å². The van der Waals surface area contributed by atoms with Crippen molar-refractivity contribution in [1.29, 1.82) is 0 Å². The number of benzene rings is 1. The quantitative estimate of drug-likeness (QED) is 0.525. The van der Waals surface area contributed by atoms with Crippen molar-refractivity contribution in [2.24, 2.45) is 0 Å². The topological polar surface area (TPSA) is 110 Å². The molecule has 3 aromatic rings. The summed E-state index contributed by atoms with van der Waals surface area (Å²) in [7, 11) is -1.99. The molecule has 2 N–H and O–H groups in total. The molecule has 154 valence electrons. The second kappa shape index (κ2) is 8.85. The third-order valence-corrected chi connectivity index (χ3v) is 6.90. The fourth-order valence-electron chi connectivity index (χ4n) is 2.92. The van der Waals surface area contributed by atoms with Crippen molar-refractivity contribution in [2.75, 3.05) is 19.0 Å². The molecule has 2 heterocycles. The van der Waals surface area contributed by atoms with Crippen LogP contribution in [0.25, 0.3) is 10.2 Å². The normalized spacial score (nSPS) is 11.6. The number of esters is 1. The van der Waals surface area contributed by atoms with Crippen LogP contribution in [0.2, 0.25) is 0 Å². The molecule has 0 aliphatic carbocycles. The van der Waals surface area contributed by atoms with E-state index in [1.165, 1.54) is 24.7 Å². The molecule has 29 heavy (non-hydrogen) atoms. The minimum absolute atomic E-state index is 0.106. The molecule has 0 radical (unpaired) electrons. The molecule has 0 aliphatic heterocycles. The predicted molar refractivity (Wildman–Crippen MR) is 114 cm³/mol. The Labute approximate surface area is 173 Å². The summed E-state index contributed by atoms with van der Waals surface area (Å²) < 4.78 is 31.3. The maximum Gasteiger partial charge on any atom is 0.348 e. The van der Waals surface area contributed by atoms with E-state index < -0.39 is 10.0 Å². The van der Waals surface area contributed by atoms with E-state index in [4.69, 9.17) is 4.74 Å². The molecule has 0 bridgehead atoms. The van der Waals surface area contributed by atoms with Crippen molar-refractivity contribution in [3.8, 4) is 0 Å². The zero-order valence-corrected chi connectivity index (χ0v) is 18.0. The number of hydrogen-bond donors (Lipinski definition) is 2. The number of hydrogen-bond acceptors (Lipinski definition) is 8. The average molecular weight is 435 g/mol. The molecule has 2 aromatic heterocycles. The summed E-state index contributed by atoms with van der Waals surface area (Å²) in [6.07, 6.45) is 1.44. The first-order valence-corrected chi connectivity index (χ1v) is 11.5. The van der Waals surface area contributed by atoms with Crippen LogP contribution < -0.4 is 10.0 Å². The second-order valence-electron chi connectivity index (χ2n) is 6.26. The molecule has 8 nitrogen and oxygen atoms in total. The van der Waals surface area contributed by atoms with Crippen LogP contribution in [0.1, 0.15) is 33.3 Å². The van der Waals surface area contributed by atoms with E-state index in [0.717, 1.165) is 16.5 Å². The summed E-state index contributed by atoms with van der Waals surface area (Å²) >= 11 is 1.27. The van der Waals surface area contributed by atoms with Gasteiger partial charge in [-0.2, -0.15) is 0 Å². The number of ether oxygens (including phenoxy) is 1. The molecule has 0 atom stereocenters.